The Kier molecular flexibility index (Phi) is 5.64. The molecule has 0 saturated carbocycles. The van der Waals surface area contributed by atoms with Crippen LogP contribution in [0.4, 0.5) is 0 Å². The maximum atomic E-state index is 2.71. The fraction of sp³-hybridized carbons (Fsp3) is 0.231. The van der Waals surface area contributed by atoms with Gasteiger partial charge in [-0.05, 0) is 113 Å². The molecule has 198 valence electrons. The molecule has 0 spiro atoms. The molecule has 2 heterocycles. The maximum absolute atomic E-state index is 2.71. The van der Waals surface area contributed by atoms with Crippen LogP contribution in [0.5, 0.6) is 0 Å². The van der Waals surface area contributed by atoms with E-state index in [2.05, 4.69) is 139 Å². The van der Waals surface area contributed by atoms with Crippen LogP contribution in [-0.4, -0.2) is 8.07 Å². The normalized spacial score (nSPS) is 20.5. The van der Waals surface area contributed by atoms with Gasteiger partial charge in [-0.15, -0.1) is 0 Å². The Bertz CT molecular complexity index is 1620. The second kappa shape index (κ2) is 8.91. The van der Waals surface area contributed by atoms with E-state index in [1.165, 1.54) is 55.6 Å². The molecule has 7 rings (SSSR count). The van der Waals surface area contributed by atoms with Crippen molar-refractivity contribution in [2.24, 2.45) is 0 Å². The number of rotatable bonds is 3. The summed E-state index contributed by atoms with van der Waals surface area (Å²) in [6.45, 7) is 16.4. The summed E-state index contributed by atoms with van der Waals surface area (Å²) >= 11 is 0. The molecule has 0 radical (unpaired) electrons. The molecule has 1 heteroatoms. The van der Waals surface area contributed by atoms with E-state index in [9.17, 15) is 0 Å². The van der Waals surface area contributed by atoms with Crippen molar-refractivity contribution in [2.75, 3.05) is 0 Å². The van der Waals surface area contributed by atoms with E-state index in [4.69, 9.17) is 0 Å². The average Bonchev–Trinajstić information content (AvgIpc) is 3.31. The first-order valence-electron chi connectivity index (χ1n) is 14.7. The van der Waals surface area contributed by atoms with E-state index < -0.39 is 8.07 Å². The third kappa shape index (κ3) is 3.37. The number of aryl methyl sites for hydroxylation is 6. The van der Waals surface area contributed by atoms with Crippen LogP contribution in [0, 0.1) is 41.5 Å². The van der Waals surface area contributed by atoms with Crippen molar-refractivity contribution in [3.8, 4) is 22.3 Å². The molecule has 2 aliphatic heterocycles. The zero-order valence-electron chi connectivity index (χ0n) is 24.8. The van der Waals surface area contributed by atoms with Crippen LogP contribution in [0.2, 0.25) is 6.55 Å². The van der Waals surface area contributed by atoms with Gasteiger partial charge in [-0.3, -0.25) is 0 Å². The molecule has 0 unspecified atom stereocenters. The molecule has 0 fully saturated rings. The predicted octanol–water partition coefficient (Wildman–Crippen LogP) is 9.53. The number of benzene rings is 5. The maximum Gasteiger partial charge on any atom is 0.109 e. The van der Waals surface area contributed by atoms with Gasteiger partial charge in [-0.1, -0.05) is 109 Å². The highest BCUT2D eigenvalue weighted by Crippen LogP contribution is 2.61. The molecule has 2 bridgehead atoms. The van der Waals surface area contributed by atoms with Gasteiger partial charge in [0, 0.05) is 11.1 Å². The van der Waals surface area contributed by atoms with Crippen molar-refractivity contribution in [1.29, 1.82) is 0 Å². The quantitative estimate of drug-likeness (QED) is 0.202. The highest BCUT2D eigenvalue weighted by Gasteiger charge is 2.60. The first kappa shape index (κ1) is 25.3. The van der Waals surface area contributed by atoms with Gasteiger partial charge in [0.25, 0.3) is 0 Å². The van der Waals surface area contributed by atoms with Crippen LogP contribution in [0.15, 0.2) is 91.0 Å². The molecule has 0 saturated heterocycles. The zero-order chi connectivity index (χ0) is 27.9. The van der Waals surface area contributed by atoms with Crippen molar-refractivity contribution in [2.45, 2.75) is 59.2 Å². The minimum atomic E-state index is -2.24. The number of hydrogen-bond donors (Lipinski definition) is 0. The van der Waals surface area contributed by atoms with Gasteiger partial charge >= 0.3 is 0 Å². The minimum absolute atomic E-state index is 0.460. The van der Waals surface area contributed by atoms with E-state index in [1.807, 2.05) is 0 Å². The first-order valence-corrected chi connectivity index (χ1v) is 17.3. The predicted molar refractivity (Wildman–Crippen MR) is 174 cm³/mol. The molecular formula is C39H38Si. The van der Waals surface area contributed by atoms with Crippen LogP contribution < -0.4 is 5.19 Å². The smallest absolute Gasteiger partial charge is 0.0638 e. The molecule has 40 heavy (non-hydrogen) atoms. The topological polar surface area (TPSA) is 0 Å². The van der Waals surface area contributed by atoms with E-state index in [0.717, 1.165) is 0 Å². The Morgan fingerprint density at radius 3 is 1.10 bits per heavy atom. The standard InChI is InChI=1S/C39H38Si/c1-23-19-25(3)35(26(4)20-23)33-17-12-18-34(36-27(5)21-24(2)22-28(36)6)39(33)40(7)37-29-13-8-9-14-30(29)38(40)32-16-11-10-15-31(32)37/h8-22,37-38H,1-7H3. The third-order valence-corrected chi connectivity index (χ3v) is 15.2. The van der Waals surface area contributed by atoms with Crippen molar-refractivity contribution in [3.05, 3.63) is 147 Å². The average molecular weight is 535 g/mol. The van der Waals surface area contributed by atoms with Crippen molar-refractivity contribution < 1.29 is 0 Å². The van der Waals surface area contributed by atoms with E-state index in [1.54, 1.807) is 27.4 Å². The van der Waals surface area contributed by atoms with Gasteiger partial charge in [-0.2, -0.15) is 0 Å². The zero-order valence-corrected chi connectivity index (χ0v) is 25.8. The Balaban J connectivity index is 1.63. The second-order valence-corrected chi connectivity index (χ2v) is 16.9. The van der Waals surface area contributed by atoms with Gasteiger partial charge in [0.15, 0.2) is 0 Å². The van der Waals surface area contributed by atoms with Crippen LogP contribution >= 0.6 is 0 Å². The highest BCUT2D eigenvalue weighted by molar-refractivity contribution is 6.97. The lowest BCUT2D eigenvalue weighted by Crippen LogP contribution is -2.51. The summed E-state index contributed by atoms with van der Waals surface area (Å²) in [5.74, 6) is 0. The van der Waals surface area contributed by atoms with Gasteiger partial charge in [-0.25, -0.2) is 0 Å². The lowest BCUT2D eigenvalue weighted by molar-refractivity contribution is 1.04. The molecule has 5 aromatic rings. The van der Waals surface area contributed by atoms with Crippen LogP contribution in [-0.2, 0) is 0 Å². The van der Waals surface area contributed by atoms with E-state index in [-0.39, 0.29) is 0 Å². The molecule has 2 aliphatic rings. The Labute approximate surface area is 240 Å². The van der Waals surface area contributed by atoms with Crippen molar-refractivity contribution in [1.82, 2.24) is 0 Å². The van der Waals surface area contributed by atoms with Crippen LogP contribution in [0.25, 0.3) is 22.3 Å². The molecule has 0 amide bonds. The highest BCUT2D eigenvalue weighted by atomic mass is 28.3. The monoisotopic (exact) mass is 534 g/mol. The fourth-order valence-electron chi connectivity index (χ4n) is 8.91. The summed E-state index contributed by atoms with van der Waals surface area (Å²) in [4.78, 5) is 0. The first-order chi connectivity index (χ1) is 19.2. The second-order valence-electron chi connectivity index (χ2n) is 12.7. The minimum Gasteiger partial charge on any atom is -0.0638 e. The molecule has 0 aromatic heterocycles. The molecule has 0 atom stereocenters. The summed E-state index contributed by atoms with van der Waals surface area (Å²) < 4.78 is 0. The molecule has 0 aliphatic carbocycles. The molecule has 0 N–H and O–H groups in total. The Morgan fingerprint density at radius 2 is 0.775 bits per heavy atom. The summed E-state index contributed by atoms with van der Waals surface area (Å²) in [7, 11) is -2.24. The lowest BCUT2D eigenvalue weighted by atomic mass is 9.86. The van der Waals surface area contributed by atoms with Gasteiger partial charge in [0.05, 0.1) is 0 Å². The van der Waals surface area contributed by atoms with Gasteiger partial charge in [0.2, 0.25) is 0 Å². The van der Waals surface area contributed by atoms with Gasteiger partial charge in [0.1, 0.15) is 8.07 Å². The van der Waals surface area contributed by atoms with Crippen LogP contribution in [0.1, 0.15) is 66.7 Å². The Morgan fingerprint density at radius 1 is 0.450 bits per heavy atom. The van der Waals surface area contributed by atoms with Gasteiger partial charge < -0.3 is 0 Å². The van der Waals surface area contributed by atoms with Crippen molar-refractivity contribution in [3.63, 3.8) is 0 Å². The molecule has 0 nitrogen and oxygen atoms in total. The van der Waals surface area contributed by atoms with E-state index >= 15 is 0 Å². The third-order valence-electron chi connectivity index (χ3n) is 9.93. The van der Waals surface area contributed by atoms with Crippen molar-refractivity contribution >= 4 is 13.3 Å². The summed E-state index contributed by atoms with van der Waals surface area (Å²) in [5.41, 5.74) is 21.2. The molecule has 5 aromatic carbocycles. The molecular weight excluding hydrogens is 497 g/mol. The summed E-state index contributed by atoms with van der Waals surface area (Å²) in [5, 5.41) is 1.64. The number of fused-ring (bicyclic) bond motifs is 8. The lowest BCUT2D eigenvalue weighted by Gasteiger charge is -2.35. The SMILES string of the molecule is Cc1cc(C)c(-c2cccc(-c3c(C)cc(C)cc3C)c2[Si]2(C)C3c4ccccc4C2c2ccccc23)c(C)c1. The summed E-state index contributed by atoms with van der Waals surface area (Å²) in [6, 6.07) is 35.4. The summed E-state index contributed by atoms with van der Waals surface area (Å²) in [6.07, 6.45) is 0. The fourth-order valence-corrected chi connectivity index (χ4v) is 15.0. The largest absolute Gasteiger partial charge is 0.109 e. The van der Waals surface area contributed by atoms with E-state index in [0.29, 0.717) is 11.1 Å². The Hall–Kier alpha value is -3.68. The number of hydrogen-bond acceptors (Lipinski definition) is 0. The van der Waals surface area contributed by atoms with Crippen LogP contribution in [0.3, 0.4) is 0 Å².